The molecule has 4 N–H and O–H groups in total. The Morgan fingerprint density at radius 1 is 1.21 bits per heavy atom. The van der Waals surface area contributed by atoms with Gasteiger partial charge in [-0.1, -0.05) is 0 Å². The van der Waals surface area contributed by atoms with E-state index in [2.05, 4.69) is 10.1 Å². The Kier molecular flexibility index (Phi) is 4.20. The van der Waals surface area contributed by atoms with Crippen molar-refractivity contribution in [3.63, 3.8) is 0 Å². The Morgan fingerprint density at radius 2 is 1.89 bits per heavy atom. The van der Waals surface area contributed by atoms with E-state index in [4.69, 9.17) is 5.84 Å². The van der Waals surface area contributed by atoms with Crippen LogP contribution in [0.15, 0.2) is 46.0 Å². The molecule has 0 saturated carbocycles. The molecule has 0 radical (unpaired) electrons. The Hall–Kier alpha value is -1.41. The highest BCUT2D eigenvalue weighted by Crippen LogP contribution is 2.19. The zero-order valence-electron chi connectivity index (χ0n) is 10.3. The highest BCUT2D eigenvalue weighted by atomic mass is 32.2. The molecule has 0 bridgehead atoms. The van der Waals surface area contributed by atoms with Crippen LogP contribution in [0, 0.1) is 0 Å². The van der Waals surface area contributed by atoms with Gasteiger partial charge in [0.25, 0.3) is 0 Å². The van der Waals surface area contributed by atoms with Gasteiger partial charge in [-0.25, -0.2) is 13.1 Å². The van der Waals surface area contributed by atoms with Gasteiger partial charge in [-0.2, -0.15) is 11.3 Å². The standard InChI is InChI=1S/C12H15N3O2S2/c1-9(10-6-7-18-8-10)15-19(16,17)12-4-2-11(14-13)3-5-12/h2-9,14-15H,13H2,1H3. The van der Waals surface area contributed by atoms with E-state index >= 15 is 0 Å². The number of nitrogens with two attached hydrogens (primary N) is 1. The lowest BCUT2D eigenvalue weighted by Gasteiger charge is -2.13. The van der Waals surface area contributed by atoms with Crippen molar-refractivity contribution in [3.05, 3.63) is 46.7 Å². The van der Waals surface area contributed by atoms with Crippen LogP contribution < -0.4 is 16.0 Å². The van der Waals surface area contributed by atoms with Gasteiger partial charge in [0.05, 0.1) is 4.90 Å². The van der Waals surface area contributed by atoms with E-state index < -0.39 is 10.0 Å². The minimum Gasteiger partial charge on any atom is -0.324 e. The Bertz CT molecular complexity index is 622. The molecule has 1 aromatic heterocycles. The molecule has 102 valence electrons. The summed E-state index contributed by atoms with van der Waals surface area (Å²) in [5, 5.41) is 3.84. The number of hydrogen-bond acceptors (Lipinski definition) is 5. The topological polar surface area (TPSA) is 84.2 Å². The largest absolute Gasteiger partial charge is 0.324 e. The zero-order valence-corrected chi connectivity index (χ0v) is 12.0. The van der Waals surface area contributed by atoms with E-state index in [1.54, 1.807) is 12.1 Å². The molecule has 0 aliphatic carbocycles. The monoisotopic (exact) mass is 297 g/mol. The first-order valence-electron chi connectivity index (χ1n) is 5.64. The molecule has 19 heavy (non-hydrogen) atoms. The number of benzene rings is 1. The summed E-state index contributed by atoms with van der Waals surface area (Å²) in [6.45, 7) is 1.81. The third-order valence-electron chi connectivity index (χ3n) is 2.71. The maximum Gasteiger partial charge on any atom is 0.241 e. The first-order valence-corrected chi connectivity index (χ1v) is 8.06. The summed E-state index contributed by atoms with van der Waals surface area (Å²) < 4.78 is 27.0. The van der Waals surface area contributed by atoms with Crippen LogP contribution >= 0.6 is 11.3 Å². The summed E-state index contributed by atoms with van der Waals surface area (Å²) in [5.74, 6) is 5.24. The third-order valence-corrected chi connectivity index (χ3v) is 4.96. The molecule has 7 heteroatoms. The predicted molar refractivity (Wildman–Crippen MR) is 77.3 cm³/mol. The number of thiophene rings is 1. The molecule has 5 nitrogen and oxygen atoms in total. The molecule has 0 spiro atoms. The lowest BCUT2D eigenvalue weighted by molar-refractivity contribution is 0.567. The number of nitrogen functional groups attached to an aromatic ring is 1. The minimum absolute atomic E-state index is 0.216. The molecule has 0 amide bonds. The van der Waals surface area contributed by atoms with Crippen LogP contribution in [0.25, 0.3) is 0 Å². The van der Waals surface area contributed by atoms with Gasteiger partial charge in [0.2, 0.25) is 10.0 Å². The van der Waals surface area contributed by atoms with Gasteiger partial charge in [0.1, 0.15) is 0 Å². The van der Waals surface area contributed by atoms with Crippen LogP contribution in [0.5, 0.6) is 0 Å². The van der Waals surface area contributed by atoms with Gasteiger partial charge < -0.3 is 5.43 Å². The van der Waals surface area contributed by atoms with Crippen molar-refractivity contribution >= 4 is 27.0 Å². The zero-order chi connectivity index (χ0) is 13.9. The van der Waals surface area contributed by atoms with Gasteiger partial charge in [0, 0.05) is 11.7 Å². The first kappa shape index (κ1) is 14.0. The Morgan fingerprint density at radius 3 is 2.42 bits per heavy atom. The van der Waals surface area contributed by atoms with Crippen molar-refractivity contribution < 1.29 is 8.42 Å². The first-order chi connectivity index (χ1) is 9.03. The van der Waals surface area contributed by atoms with Gasteiger partial charge in [-0.05, 0) is 53.6 Å². The number of nitrogens with one attached hydrogen (secondary N) is 2. The van der Waals surface area contributed by atoms with Crippen LogP contribution in [-0.4, -0.2) is 8.42 Å². The number of anilines is 1. The highest BCUT2D eigenvalue weighted by molar-refractivity contribution is 7.89. The van der Waals surface area contributed by atoms with Crippen molar-refractivity contribution in [1.29, 1.82) is 0 Å². The fourth-order valence-corrected chi connectivity index (χ4v) is 3.61. The second-order valence-corrected chi connectivity index (χ2v) is 6.56. The molecule has 0 aliphatic rings. The van der Waals surface area contributed by atoms with Crippen molar-refractivity contribution in [2.24, 2.45) is 5.84 Å². The molecular weight excluding hydrogens is 282 g/mol. The number of hydrazine groups is 1. The van der Waals surface area contributed by atoms with E-state index in [1.807, 2.05) is 23.8 Å². The molecule has 2 aromatic rings. The Labute approximate surface area is 116 Å². The predicted octanol–water partition coefficient (Wildman–Crippen LogP) is 2.07. The lowest BCUT2D eigenvalue weighted by atomic mass is 10.2. The summed E-state index contributed by atoms with van der Waals surface area (Å²) >= 11 is 1.54. The highest BCUT2D eigenvalue weighted by Gasteiger charge is 2.18. The minimum atomic E-state index is -3.52. The van der Waals surface area contributed by atoms with Gasteiger partial charge >= 0.3 is 0 Å². The molecule has 1 atom stereocenters. The maximum atomic E-state index is 12.2. The molecule has 1 unspecified atom stereocenters. The van der Waals surface area contributed by atoms with Crippen LogP contribution in [0.3, 0.4) is 0 Å². The van der Waals surface area contributed by atoms with Gasteiger partial charge in [-0.3, -0.25) is 5.84 Å². The van der Waals surface area contributed by atoms with Crippen LogP contribution in [-0.2, 0) is 10.0 Å². The smallest absolute Gasteiger partial charge is 0.241 e. The van der Waals surface area contributed by atoms with E-state index in [0.717, 1.165) is 5.56 Å². The molecular formula is C12H15N3O2S2. The number of rotatable bonds is 5. The van der Waals surface area contributed by atoms with E-state index in [-0.39, 0.29) is 10.9 Å². The number of sulfonamides is 1. The normalized spacial score (nSPS) is 13.2. The Balaban J connectivity index is 2.17. The quantitative estimate of drug-likeness (QED) is 0.582. The van der Waals surface area contributed by atoms with Gasteiger partial charge in [0.15, 0.2) is 0 Å². The second-order valence-electron chi connectivity index (χ2n) is 4.07. The van der Waals surface area contributed by atoms with Gasteiger partial charge in [-0.15, -0.1) is 0 Å². The van der Waals surface area contributed by atoms with Crippen molar-refractivity contribution in [1.82, 2.24) is 4.72 Å². The van der Waals surface area contributed by atoms with Crippen molar-refractivity contribution in [2.45, 2.75) is 17.9 Å². The second kappa shape index (κ2) is 5.70. The summed E-state index contributed by atoms with van der Waals surface area (Å²) in [6, 6.07) is 7.89. The average molecular weight is 297 g/mol. The van der Waals surface area contributed by atoms with Crippen molar-refractivity contribution in [2.75, 3.05) is 5.43 Å². The molecule has 0 aliphatic heterocycles. The van der Waals surface area contributed by atoms with E-state index in [0.29, 0.717) is 5.69 Å². The van der Waals surface area contributed by atoms with Crippen LogP contribution in [0.1, 0.15) is 18.5 Å². The summed E-state index contributed by atoms with van der Waals surface area (Å²) in [4.78, 5) is 0.216. The molecule has 1 heterocycles. The molecule has 0 fully saturated rings. The maximum absolute atomic E-state index is 12.2. The third kappa shape index (κ3) is 3.32. The SMILES string of the molecule is CC(NS(=O)(=O)c1ccc(NN)cc1)c1ccsc1. The van der Waals surface area contributed by atoms with Crippen molar-refractivity contribution in [3.8, 4) is 0 Å². The molecule has 2 rings (SSSR count). The summed E-state index contributed by atoms with van der Waals surface area (Å²) in [5.41, 5.74) is 4.06. The summed E-state index contributed by atoms with van der Waals surface area (Å²) in [7, 11) is -3.52. The van der Waals surface area contributed by atoms with Crippen LogP contribution in [0.2, 0.25) is 0 Å². The van der Waals surface area contributed by atoms with E-state index in [1.165, 1.54) is 23.5 Å². The lowest BCUT2D eigenvalue weighted by Crippen LogP contribution is -2.26. The van der Waals surface area contributed by atoms with Crippen LogP contribution in [0.4, 0.5) is 5.69 Å². The summed E-state index contributed by atoms with van der Waals surface area (Å²) in [6.07, 6.45) is 0. The van der Waals surface area contributed by atoms with E-state index in [9.17, 15) is 8.42 Å². The molecule has 0 saturated heterocycles. The average Bonchev–Trinajstić information content (AvgIpc) is 2.92. The fourth-order valence-electron chi connectivity index (χ4n) is 1.62. The fraction of sp³-hybridized carbons (Fsp3) is 0.167. The molecule has 1 aromatic carbocycles. The number of hydrogen-bond donors (Lipinski definition) is 3.